The van der Waals surface area contributed by atoms with Crippen LogP contribution in [-0.4, -0.2) is 16.0 Å². The Kier molecular flexibility index (Phi) is 4.15. The van der Waals surface area contributed by atoms with Gasteiger partial charge in [-0.2, -0.15) is 5.10 Å². The number of hydrogen-bond acceptors (Lipinski definition) is 4. The summed E-state index contributed by atoms with van der Waals surface area (Å²) in [6, 6.07) is 10.5. The van der Waals surface area contributed by atoms with Crippen LogP contribution in [0.2, 0.25) is 0 Å². The monoisotopic (exact) mass is 268 g/mol. The molecular weight excluding hydrogens is 256 g/mol. The van der Waals surface area contributed by atoms with Crippen LogP contribution in [0.4, 0.5) is 0 Å². The Bertz CT molecular complexity index is 489. The molecule has 1 aromatic heterocycles. The maximum absolute atomic E-state index is 4.99. The molecule has 1 atom stereocenters. The first-order valence-corrected chi connectivity index (χ1v) is 7.20. The van der Waals surface area contributed by atoms with Gasteiger partial charge in [0.1, 0.15) is 0 Å². The van der Waals surface area contributed by atoms with E-state index in [0.29, 0.717) is 5.92 Å². The smallest absolute Gasteiger partial charge is 0.177 e. The summed E-state index contributed by atoms with van der Waals surface area (Å²) >= 11 is 8.28. The maximum Gasteiger partial charge on any atom is 0.177 e. The second-order valence-corrected chi connectivity index (χ2v) is 6.43. The lowest BCUT2D eigenvalue weighted by atomic mass is 10.0. The van der Waals surface area contributed by atoms with Gasteiger partial charge in [0.15, 0.2) is 8.29 Å². The predicted octanol–water partition coefficient (Wildman–Crippen LogP) is 4.10. The Balaban J connectivity index is 1.94. The van der Waals surface area contributed by atoms with E-state index < -0.39 is 0 Å². The van der Waals surface area contributed by atoms with Crippen LogP contribution < -0.4 is 0 Å². The summed E-state index contributed by atoms with van der Waals surface area (Å²) in [4.78, 5) is 0. The molecule has 0 aliphatic carbocycles. The minimum absolute atomic E-state index is 0.531. The first-order valence-electron chi connectivity index (χ1n) is 4.99. The maximum atomic E-state index is 4.99. The van der Waals surface area contributed by atoms with Crippen LogP contribution in [0.1, 0.15) is 18.4 Å². The van der Waals surface area contributed by atoms with Crippen molar-refractivity contribution in [2.45, 2.75) is 17.2 Å². The average molecular weight is 268 g/mol. The second-order valence-electron chi connectivity index (χ2n) is 3.50. The van der Waals surface area contributed by atoms with Crippen molar-refractivity contribution in [3.8, 4) is 0 Å². The fourth-order valence-electron chi connectivity index (χ4n) is 1.35. The highest BCUT2D eigenvalue weighted by Crippen LogP contribution is 2.26. The summed E-state index contributed by atoms with van der Waals surface area (Å²) in [7, 11) is 0. The fraction of sp³-hybridized carbons (Fsp3) is 0.273. The highest BCUT2D eigenvalue weighted by Gasteiger charge is 2.07. The minimum Gasteiger partial charge on any atom is -0.257 e. The lowest BCUT2D eigenvalue weighted by molar-refractivity contribution is 0.878. The standard InChI is InChI=1S/C11H12N2S3/c1-8(9-5-3-2-4-6-9)7-15-11-13-12-10(14)16-11/h2-6,8H,7H2,1H3,(H,12,14)/t8-/m1/s1. The van der Waals surface area contributed by atoms with Gasteiger partial charge in [0, 0.05) is 5.75 Å². The van der Waals surface area contributed by atoms with Crippen molar-refractivity contribution in [2.75, 3.05) is 5.75 Å². The van der Waals surface area contributed by atoms with Crippen LogP contribution in [0.3, 0.4) is 0 Å². The van der Waals surface area contributed by atoms with E-state index in [2.05, 4.69) is 41.4 Å². The van der Waals surface area contributed by atoms with Crippen molar-refractivity contribution in [1.82, 2.24) is 10.2 Å². The number of rotatable bonds is 4. The topological polar surface area (TPSA) is 28.7 Å². The molecule has 1 heterocycles. The molecule has 0 bridgehead atoms. The molecule has 0 aliphatic rings. The lowest BCUT2D eigenvalue weighted by Crippen LogP contribution is -1.95. The molecule has 2 nitrogen and oxygen atoms in total. The van der Waals surface area contributed by atoms with Crippen LogP contribution in [0.15, 0.2) is 34.7 Å². The van der Waals surface area contributed by atoms with Crippen molar-refractivity contribution in [1.29, 1.82) is 0 Å². The molecule has 0 unspecified atom stereocenters. The number of aromatic nitrogens is 2. The van der Waals surface area contributed by atoms with Crippen LogP contribution in [-0.2, 0) is 0 Å². The molecule has 0 fully saturated rings. The Morgan fingerprint density at radius 2 is 2.19 bits per heavy atom. The van der Waals surface area contributed by atoms with Gasteiger partial charge in [0.05, 0.1) is 0 Å². The van der Waals surface area contributed by atoms with Gasteiger partial charge in [-0.1, -0.05) is 60.4 Å². The Labute approximate surface area is 108 Å². The molecule has 16 heavy (non-hydrogen) atoms. The van der Waals surface area contributed by atoms with Crippen molar-refractivity contribution in [3.05, 3.63) is 39.8 Å². The molecule has 1 N–H and O–H groups in total. The van der Waals surface area contributed by atoms with Gasteiger partial charge in [0.25, 0.3) is 0 Å². The number of aromatic amines is 1. The molecule has 84 valence electrons. The van der Waals surface area contributed by atoms with E-state index in [1.807, 2.05) is 6.07 Å². The van der Waals surface area contributed by atoms with Gasteiger partial charge >= 0.3 is 0 Å². The zero-order valence-electron chi connectivity index (χ0n) is 8.84. The number of benzene rings is 1. The molecule has 0 spiro atoms. The highest BCUT2D eigenvalue weighted by atomic mass is 32.2. The molecule has 0 aliphatic heterocycles. The lowest BCUT2D eigenvalue weighted by Gasteiger charge is -2.09. The molecule has 5 heteroatoms. The summed E-state index contributed by atoms with van der Waals surface area (Å²) in [5, 5.41) is 6.93. The number of nitrogens with one attached hydrogen (secondary N) is 1. The van der Waals surface area contributed by atoms with E-state index in [9.17, 15) is 0 Å². The molecule has 2 aromatic rings. The molecule has 0 amide bonds. The SMILES string of the molecule is C[C@H](CSc1n[nH]c(=S)s1)c1ccccc1. The highest BCUT2D eigenvalue weighted by molar-refractivity contribution is 8.01. The molecule has 2 rings (SSSR count). The number of thioether (sulfide) groups is 1. The van der Waals surface area contributed by atoms with Gasteiger partial charge in [0.2, 0.25) is 0 Å². The van der Waals surface area contributed by atoms with Gasteiger partial charge < -0.3 is 0 Å². The minimum atomic E-state index is 0.531. The average Bonchev–Trinajstić information content (AvgIpc) is 2.73. The van der Waals surface area contributed by atoms with E-state index in [1.165, 1.54) is 16.9 Å². The van der Waals surface area contributed by atoms with E-state index in [4.69, 9.17) is 12.2 Å². The zero-order valence-corrected chi connectivity index (χ0v) is 11.3. The Hall–Kier alpha value is -0.650. The number of H-pyrrole nitrogens is 1. The van der Waals surface area contributed by atoms with Crippen molar-refractivity contribution < 1.29 is 0 Å². The first kappa shape index (κ1) is 11.8. The number of nitrogens with zero attached hydrogens (tertiary/aromatic N) is 1. The van der Waals surface area contributed by atoms with Gasteiger partial charge in [-0.25, -0.2) is 0 Å². The summed E-state index contributed by atoms with van der Waals surface area (Å²) in [6.07, 6.45) is 0. The predicted molar refractivity (Wildman–Crippen MR) is 72.9 cm³/mol. The summed E-state index contributed by atoms with van der Waals surface area (Å²) in [6.45, 7) is 2.23. The molecule has 0 radical (unpaired) electrons. The molecular formula is C11H12N2S3. The summed E-state index contributed by atoms with van der Waals surface area (Å²) in [5.41, 5.74) is 1.37. The largest absolute Gasteiger partial charge is 0.257 e. The van der Waals surface area contributed by atoms with Crippen LogP contribution in [0.5, 0.6) is 0 Å². The van der Waals surface area contributed by atoms with Crippen LogP contribution in [0.25, 0.3) is 0 Å². The van der Waals surface area contributed by atoms with Crippen molar-refractivity contribution in [2.24, 2.45) is 0 Å². The zero-order chi connectivity index (χ0) is 11.4. The summed E-state index contributed by atoms with van der Waals surface area (Å²) < 4.78 is 1.77. The quantitative estimate of drug-likeness (QED) is 0.668. The van der Waals surface area contributed by atoms with E-state index in [1.54, 1.807) is 11.8 Å². The Morgan fingerprint density at radius 1 is 1.44 bits per heavy atom. The Morgan fingerprint density at radius 3 is 2.81 bits per heavy atom. The summed E-state index contributed by atoms with van der Waals surface area (Å²) in [5.74, 6) is 1.56. The van der Waals surface area contributed by atoms with Gasteiger partial charge in [-0.15, -0.1) is 0 Å². The van der Waals surface area contributed by atoms with Crippen LogP contribution in [0, 0.1) is 3.95 Å². The molecule has 0 saturated heterocycles. The van der Waals surface area contributed by atoms with E-state index >= 15 is 0 Å². The third-order valence-corrected chi connectivity index (χ3v) is 4.74. The first-order chi connectivity index (χ1) is 7.75. The third-order valence-electron chi connectivity index (χ3n) is 2.24. The van der Waals surface area contributed by atoms with Gasteiger partial charge in [-0.3, -0.25) is 5.10 Å². The molecule has 0 saturated carbocycles. The van der Waals surface area contributed by atoms with Gasteiger partial charge in [-0.05, 0) is 23.7 Å². The van der Waals surface area contributed by atoms with Crippen LogP contribution >= 0.6 is 35.3 Å². The van der Waals surface area contributed by atoms with E-state index in [-0.39, 0.29) is 0 Å². The fourth-order valence-corrected chi connectivity index (χ4v) is 3.52. The second kappa shape index (κ2) is 5.61. The normalized spacial score (nSPS) is 12.6. The van der Waals surface area contributed by atoms with E-state index in [0.717, 1.165) is 14.0 Å². The van der Waals surface area contributed by atoms with Crippen molar-refractivity contribution >= 4 is 35.3 Å². The third kappa shape index (κ3) is 3.17. The molecule has 1 aromatic carbocycles. The van der Waals surface area contributed by atoms with Crippen molar-refractivity contribution in [3.63, 3.8) is 0 Å². The number of hydrogen-bond donors (Lipinski definition) is 1.